The van der Waals surface area contributed by atoms with Gasteiger partial charge in [0.15, 0.2) is 5.96 Å². The number of ether oxygens (including phenoxy) is 1. The maximum absolute atomic E-state index is 12.2. The van der Waals surface area contributed by atoms with Gasteiger partial charge >= 0.3 is 6.09 Å². The van der Waals surface area contributed by atoms with E-state index in [1.54, 1.807) is 0 Å². The van der Waals surface area contributed by atoms with Crippen LogP contribution in [0.4, 0.5) is 4.79 Å². The summed E-state index contributed by atoms with van der Waals surface area (Å²) >= 11 is 1.17. The number of carbonyl (C=O) groups excluding carboxylic acids is 2. The Bertz CT molecular complexity index is 839. The van der Waals surface area contributed by atoms with Crippen LogP contribution in [0.5, 0.6) is 0 Å². The number of aromatic nitrogens is 2. The van der Waals surface area contributed by atoms with E-state index >= 15 is 0 Å². The maximum Gasteiger partial charge on any atom is 0.414 e. The number of nitrogens with one attached hydrogen (secondary N) is 3. The van der Waals surface area contributed by atoms with Gasteiger partial charge in [-0.2, -0.15) is 0 Å². The summed E-state index contributed by atoms with van der Waals surface area (Å²) in [7, 11) is 0. The summed E-state index contributed by atoms with van der Waals surface area (Å²) in [6.45, 7) is 4.37. The van der Waals surface area contributed by atoms with E-state index in [0.717, 1.165) is 36.0 Å². The third kappa shape index (κ3) is 5.49. The molecular formula is C18H22N6O3S. The summed E-state index contributed by atoms with van der Waals surface area (Å²) in [5.41, 5.74) is 0.836. The molecule has 1 unspecified atom stereocenters. The van der Waals surface area contributed by atoms with E-state index < -0.39 is 12.0 Å². The van der Waals surface area contributed by atoms with Gasteiger partial charge in [-0.3, -0.25) is 15.1 Å². The van der Waals surface area contributed by atoms with Gasteiger partial charge in [-0.1, -0.05) is 48.6 Å². The normalized spacial score (nSPS) is 14.0. The van der Waals surface area contributed by atoms with Gasteiger partial charge in [-0.05, 0) is 12.0 Å². The Balaban J connectivity index is 1.50. The van der Waals surface area contributed by atoms with Crippen molar-refractivity contribution in [3.05, 3.63) is 45.9 Å². The summed E-state index contributed by atoms with van der Waals surface area (Å²) in [5.74, 6) is 0.253. The lowest BCUT2D eigenvalue weighted by Gasteiger charge is -2.13. The fraction of sp³-hybridized carbons (Fsp3) is 0.389. The van der Waals surface area contributed by atoms with Crippen LogP contribution >= 0.6 is 11.3 Å². The van der Waals surface area contributed by atoms with Crippen LogP contribution < -0.4 is 16.0 Å². The number of carbonyl (C=O) groups is 2. The third-order valence-electron chi connectivity index (χ3n) is 4.10. The Hall–Kier alpha value is -3.01. The third-order valence-corrected chi connectivity index (χ3v) is 5.18. The van der Waals surface area contributed by atoms with Crippen molar-refractivity contribution in [1.82, 2.24) is 26.1 Å². The highest BCUT2D eigenvalue weighted by Crippen LogP contribution is 2.22. The van der Waals surface area contributed by atoms with E-state index in [1.807, 2.05) is 37.3 Å². The van der Waals surface area contributed by atoms with Gasteiger partial charge in [0, 0.05) is 19.0 Å². The Morgan fingerprint density at radius 1 is 1.29 bits per heavy atom. The molecule has 0 bridgehead atoms. The largest absolute Gasteiger partial charge is 0.444 e. The lowest BCUT2D eigenvalue weighted by atomic mass is 10.1. The predicted molar refractivity (Wildman–Crippen MR) is 105 cm³/mol. The van der Waals surface area contributed by atoms with Crippen LogP contribution in [0, 0.1) is 0 Å². The van der Waals surface area contributed by atoms with Gasteiger partial charge in [-0.25, -0.2) is 4.79 Å². The lowest BCUT2D eigenvalue weighted by Crippen LogP contribution is -2.36. The second kappa shape index (κ2) is 9.79. The molecule has 0 fully saturated rings. The minimum Gasteiger partial charge on any atom is -0.444 e. The van der Waals surface area contributed by atoms with Crippen LogP contribution in [-0.4, -0.2) is 47.8 Å². The minimum atomic E-state index is -0.815. The number of hydrogen-bond donors (Lipinski definition) is 3. The van der Waals surface area contributed by atoms with Crippen LogP contribution in [0.15, 0.2) is 35.3 Å². The maximum atomic E-state index is 12.2. The molecular weight excluding hydrogens is 380 g/mol. The highest BCUT2D eigenvalue weighted by molar-refractivity contribution is 7.13. The lowest BCUT2D eigenvalue weighted by molar-refractivity contribution is 0.0911. The number of rotatable bonds is 7. The van der Waals surface area contributed by atoms with Gasteiger partial charge in [-0.15, -0.1) is 10.2 Å². The quantitative estimate of drug-likeness (QED) is 0.644. The first-order chi connectivity index (χ1) is 13.7. The fourth-order valence-corrected chi connectivity index (χ4v) is 3.46. The van der Waals surface area contributed by atoms with Crippen LogP contribution in [-0.2, 0) is 11.3 Å². The number of alkyl carbamates (subject to hydrolysis) is 1. The standard InChI is InChI=1S/C18H22N6O3S/c1-2-13(10-21-17-19-8-9-20-17)15-23-24-16(28-15)14(25)22-18(26)27-11-12-6-4-3-5-7-12/h3-7,13H,2,8-11H2,1H3,(H2,19,20,21)(H,22,25,26). The Labute approximate surface area is 166 Å². The van der Waals surface area contributed by atoms with Gasteiger partial charge in [0.2, 0.25) is 5.01 Å². The summed E-state index contributed by atoms with van der Waals surface area (Å²) in [4.78, 5) is 28.3. The average molecular weight is 402 g/mol. The van der Waals surface area contributed by atoms with Crippen LogP contribution in [0.2, 0.25) is 0 Å². The van der Waals surface area contributed by atoms with Crippen molar-refractivity contribution >= 4 is 29.3 Å². The van der Waals surface area contributed by atoms with E-state index in [-0.39, 0.29) is 17.5 Å². The molecule has 3 rings (SSSR count). The molecule has 9 nitrogen and oxygen atoms in total. The molecule has 0 saturated carbocycles. The molecule has 2 aromatic rings. The molecule has 0 radical (unpaired) electrons. The number of imide groups is 1. The molecule has 148 valence electrons. The van der Waals surface area contributed by atoms with Gasteiger partial charge in [0.05, 0.1) is 6.54 Å². The number of guanidine groups is 1. The first-order valence-corrected chi connectivity index (χ1v) is 9.85. The topological polar surface area (TPSA) is 118 Å². The Morgan fingerprint density at radius 2 is 2.11 bits per heavy atom. The van der Waals surface area contributed by atoms with E-state index in [0.29, 0.717) is 6.54 Å². The number of hydrogen-bond acceptors (Lipinski definition) is 9. The molecule has 10 heteroatoms. The summed E-state index contributed by atoms with van der Waals surface area (Å²) in [6.07, 6.45) is 0.0139. The highest BCUT2D eigenvalue weighted by Gasteiger charge is 2.21. The predicted octanol–water partition coefficient (Wildman–Crippen LogP) is 1.65. The molecule has 0 aliphatic carbocycles. The molecule has 28 heavy (non-hydrogen) atoms. The van der Waals surface area contributed by atoms with Gasteiger partial charge < -0.3 is 15.4 Å². The van der Waals surface area contributed by atoms with Crippen molar-refractivity contribution in [1.29, 1.82) is 0 Å². The van der Waals surface area contributed by atoms with Crippen LogP contribution in [0.25, 0.3) is 0 Å². The van der Waals surface area contributed by atoms with E-state index in [9.17, 15) is 9.59 Å². The molecule has 2 heterocycles. The summed E-state index contributed by atoms with van der Waals surface area (Å²) in [5, 5.41) is 17.4. The fourth-order valence-electron chi connectivity index (χ4n) is 2.54. The van der Waals surface area contributed by atoms with Crippen molar-refractivity contribution in [2.75, 3.05) is 19.6 Å². The number of benzene rings is 1. The van der Waals surface area contributed by atoms with Crippen molar-refractivity contribution in [2.24, 2.45) is 4.99 Å². The molecule has 1 aromatic heterocycles. The number of aliphatic imine (C=N–C) groups is 1. The molecule has 1 aliphatic rings. The minimum absolute atomic E-state index is 0.0861. The molecule has 0 saturated heterocycles. The molecule has 1 aliphatic heterocycles. The van der Waals surface area contributed by atoms with Crippen molar-refractivity contribution < 1.29 is 14.3 Å². The second-order valence-corrected chi connectivity index (χ2v) is 7.11. The zero-order chi connectivity index (χ0) is 19.8. The summed E-state index contributed by atoms with van der Waals surface area (Å²) in [6, 6.07) is 9.23. The smallest absolute Gasteiger partial charge is 0.414 e. The number of nitrogens with zero attached hydrogens (tertiary/aromatic N) is 3. The molecule has 3 N–H and O–H groups in total. The monoisotopic (exact) mass is 402 g/mol. The van der Waals surface area contributed by atoms with E-state index in [2.05, 4.69) is 31.1 Å². The van der Waals surface area contributed by atoms with Gasteiger partial charge in [0.25, 0.3) is 5.91 Å². The zero-order valence-corrected chi connectivity index (χ0v) is 16.3. The van der Waals surface area contributed by atoms with Crippen LogP contribution in [0.1, 0.15) is 39.6 Å². The number of amides is 2. The Kier molecular flexibility index (Phi) is 6.90. The molecule has 0 spiro atoms. The van der Waals surface area contributed by atoms with Crippen LogP contribution in [0.3, 0.4) is 0 Å². The first kappa shape index (κ1) is 19.7. The van der Waals surface area contributed by atoms with E-state index in [4.69, 9.17) is 4.74 Å². The molecule has 2 amide bonds. The first-order valence-electron chi connectivity index (χ1n) is 9.03. The van der Waals surface area contributed by atoms with Crippen molar-refractivity contribution in [3.8, 4) is 0 Å². The highest BCUT2D eigenvalue weighted by atomic mass is 32.1. The van der Waals surface area contributed by atoms with Crippen molar-refractivity contribution in [3.63, 3.8) is 0 Å². The average Bonchev–Trinajstić information content (AvgIpc) is 3.40. The summed E-state index contributed by atoms with van der Waals surface area (Å²) < 4.78 is 5.05. The van der Waals surface area contributed by atoms with Gasteiger partial charge in [0.1, 0.15) is 11.6 Å². The molecule has 1 aromatic carbocycles. The molecule has 1 atom stereocenters. The Morgan fingerprint density at radius 3 is 2.82 bits per heavy atom. The second-order valence-electron chi connectivity index (χ2n) is 6.10. The SMILES string of the molecule is CCC(CNC1=NCCN1)c1nnc(C(=O)NC(=O)OCc2ccccc2)s1. The van der Waals surface area contributed by atoms with E-state index in [1.165, 1.54) is 11.3 Å². The van der Waals surface area contributed by atoms with Crippen molar-refractivity contribution in [2.45, 2.75) is 25.9 Å². The zero-order valence-electron chi connectivity index (χ0n) is 15.5.